The third kappa shape index (κ3) is 2.52. The molecular formula is C15H9Cl2NS. The van der Waals surface area contributed by atoms with Gasteiger partial charge in [0, 0.05) is 16.1 Å². The SMILES string of the molecule is Clc1nc(-c2ccccc2)c(-c2ccccc2Cl)s1. The summed E-state index contributed by atoms with van der Waals surface area (Å²) in [7, 11) is 0. The van der Waals surface area contributed by atoms with E-state index >= 15 is 0 Å². The lowest BCUT2D eigenvalue weighted by atomic mass is 10.1. The van der Waals surface area contributed by atoms with Gasteiger partial charge in [0.1, 0.15) is 0 Å². The van der Waals surface area contributed by atoms with Crippen LogP contribution in [0.15, 0.2) is 54.6 Å². The smallest absolute Gasteiger partial charge is 0.184 e. The van der Waals surface area contributed by atoms with Crippen LogP contribution in [0.25, 0.3) is 21.7 Å². The summed E-state index contributed by atoms with van der Waals surface area (Å²) in [5, 5.41) is 0.708. The molecule has 0 aliphatic heterocycles. The van der Waals surface area contributed by atoms with Crippen molar-refractivity contribution in [2.24, 2.45) is 0 Å². The van der Waals surface area contributed by atoms with Gasteiger partial charge in [-0.3, -0.25) is 0 Å². The fourth-order valence-corrected chi connectivity index (χ4v) is 3.37. The van der Waals surface area contributed by atoms with Crippen LogP contribution in [0.2, 0.25) is 9.49 Å². The molecular weight excluding hydrogens is 297 g/mol. The van der Waals surface area contributed by atoms with Gasteiger partial charge in [-0.05, 0) is 6.07 Å². The zero-order valence-corrected chi connectivity index (χ0v) is 12.1. The molecule has 3 rings (SSSR count). The van der Waals surface area contributed by atoms with E-state index in [0.29, 0.717) is 9.49 Å². The molecule has 0 spiro atoms. The summed E-state index contributed by atoms with van der Waals surface area (Å²) in [4.78, 5) is 5.43. The third-order valence-electron chi connectivity index (χ3n) is 2.77. The number of hydrogen-bond acceptors (Lipinski definition) is 2. The van der Waals surface area contributed by atoms with Crippen molar-refractivity contribution in [1.82, 2.24) is 4.98 Å². The summed E-state index contributed by atoms with van der Waals surface area (Å²) in [6.07, 6.45) is 0. The molecule has 0 unspecified atom stereocenters. The van der Waals surface area contributed by atoms with E-state index in [1.807, 2.05) is 54.6 Å². The van der Waals surface area contributed by atoms with Crippen molar-refractivity contribution in [1.29, 1.82) is 0 Å². The van der Waals surface area contributed by atoms with Gasteiger partial charge in [0.25, 0.3) is 0 Å². The van der Waals surface area contributed by atoms with Gasteiger partial charge in [-0.2, -0.15) is 0 Å². The standard InChI is InChI=1S/C15H9Cl2NS/c16-12-9-5-4-8-11(12)14-13(18-15(17)19-14)10-6-2-1-3-7-10/h1-9H. The highest BCUT2D eigenvalue weighted by molar-refractivity contribution is 7.19. The topological polar surface area (TPSA) is 12.9 Å². The molecule has 19 heavy (non-hydrogen) atoms. The Bertz CT molecular complexity index is 707. The van der Waals surface area contributed by atoms with Gasteiger partial charge in [0.15, 0.2) is 4.47 Å². The Balaban J connectivity index is 2.21. The van der Waals surface area contributed by atoms with Crippen LogP contribution in [0.1, 0.15) is 0 Å². The fraction of sp³-hybridized carbons (Fsp3) is 0. The predicted molar refractivity (Wildman–Crippen MR) is 83.0 cm³/mol. The van der Waals surface area contributed by atoms with E-state index in [0.717, 1.165) is 21.7 Å². The van der Waals surface area contributed by atoms with Gasteiger partial charge < -0.3 is 0 Å². The van der Waals surface area contributed by atoms with Crippen LogP contribution < -0.4 is 0 Å². The van der Waals surface area contributed by atoms with Crippen molar-refractivity contribution in [2.75, 3.05) is 0 Å². The molecule has 1 heterocycles. The Hall–Kier alpha value is -1.35. The maximum atomic E-state index is 6.26. The molecule has 0 radical (unpaired) electrons. The summed E-state index contributed by atoms with van der Waals surface area (Å²) in [5.74, 6) is 0. The van der Waals surface area contributed by atoms with Gasteiger partial charge in [-0.15, -0.1) is 11.3 Å². The van der Waals surface area contributed by atoms with E-state index in [1.165, 1.54) is 11.3 Å². The van der Waals surface area contributed by atoms with Gasteiger partial charge in [0.05, 0.1) is 10.6 Å². The number of hydrogen-bond donors (Lipinski definition) is 0. The van der Waals surface area contributed by atoms with Crippen molar-refractivity contribution in [3.8, 4) is 21.7 Å². The highest BCUT2D eigenvalue weighted by atomic mass is 35.5. The molecule has 0 bridgehead atoms. The lowest BCUT2D eigenvalue weighted by Crippen LogP contribution is -1.82. The number of halogens is 2. The predicted octanol–water partition coefficient (Wildman–Crippen LogP) is 5.78. The van der Waals surface area contributed by atoms with E-state index in [-0.39, 0.29) is 0 Å². The molecule has 2 aromatic carbocycles. The van der Waals surface area contributed by atoms with Crippen LogP contribution in [-0.4, -0.2) is 4.98 Å². The molecule has 0 aliphatic carbocycles. The Kier molecular flexibility index (Phi) is 3.56. The summed E-state index contributed by atoms with van der Waals surface area (Å²) in [6, 6.07) is 17.7. The highest BCUT2D eigenvalue weighted by Crippen LogP contribution is 2.41. The molecule has 4 heteroatoms. The number of aromatic nitrogens is 1. The Morgan fingerprint density at radius 1 is 0.842 bits per heavy atom. The lowest BCUT2D eigenvalue weighted by Gasteiger charge is -2.04. The number of nitrogens with zero attached hydrogens (tertiary/aromatic N) is 1. The molecule has 94 valence electrons. The van der Waals surface area contributed by atoms with Crippen LogP contribution in [-0.2, 0) is 0 Å². The highest BCUT2D eigenvalue weighted by Gasteiger charge is 2.15. The summed E-state index contributed by atoms with van der Waals surface area (Å²) >= 11 is 13.8. The number of benzene rings is 2. The van der Waals surface area contributed by atoms with E-state index in [9.17, 15) is 0 Å². The molecule has 1 nitrogen and oxygen atoms in total. The van der Waals surface area contributed by atoms with E-state index in [1.54, 1.807) is 0 Å². The first-order valence-corrected chi connectivity index (χ1v) is 7.29. The molecule has 0 N–H and O–H groups in total. The molecule has 0 atom stereocenters. The second-order valence-electron chi connectivity index (χ2n) is 3.99. The molecule has 0 amide bonds. The van der Waals surface area contributed by atoms with Gasteiger partial charge in [-0.25, -0.2) is 4.98 Å². The van der Waals surface area contributed by atoms with Gasteiger partial charge in [-0.1, -0.05) is 71.7 Å². The zero-order valence-electron chi connectivity index (χ0n) is 9.81. The van der Waals surface area contributed by atoms with Crippen molar-refractivity contribution >= 4 is 34.5 Å². The summed E-state index contributed by atoms with van der Waals surface area (Å²) in [6.45, 7) is 0. The summed E-state index contributed by atoms with van der Waals surface area (Å²) in [5.41, 5.74) is 2.89. The molecule has 0 saturated carbocycles. The molecule has 1 aromatic heterocycles. The normalized spacial score (nSPS) is 10.6. The Labute approximate surface area is 125 Å². The second kappa shape index (κ2) is 5.33. The number of thiazole rings is 1. The molecule has 0 aliphatic rings. The van der Waals surface area contributed by atoms with E-state index < -0.39 is 0 Å². The maximum Gasteiger partial charge on any atom is 0.184 e. The fourth-order valence-electron chi connectivity index (χ4n) is 1.91. The van der Waals surface area contributed by atoms with Crippen molar-refractivity contribution in [2.45, 2.75) is 0 Å². The lowest BCUT2D eigenvalue weighted by molar-refractivity contribution is 1.41. The third-order valence-corrected chi connectivity index (χ3v) is 4.29. The Morgan fingerprint density at radius 2 is 1.53 bits per heavy atom. The maximum absolute atomic E-state index is 6.26. The largest absolute Gasteiger partial charge is 0.224 e. The van der Waals surface area contributed by atoms with Crippen molar-refractivity contribution in [3.05, 3.63) is 64.1 Å². The first kappa shape index (κ1) is 12.7. The van der Waals surface area contributed by atoms with E-state index in [4.69, 9.17) is 23.2 Å². The molecule has 0 saturated heterocycles. The number of rotatable bonds is 2. The van der Waals surface area contributed by atoms with Crippen LogP contribution >= 0.6 is 34.5 Å². The van der Waals surface area contributed by atoms with Crippen molar-refractivity contribution < 1.29 is 0 Å². The molecule has 3 aromatic rings. The second-order valence-corrected chi connectivity index (χ2v) is 5.98. The van der Waals surface area contributed by atoms with Crippen LogP contribution in [0.4, 0.5) is 0 Å². The van der Waals surface area contributed by atoms with Crippen LogP contribution in [0.3, 0.4) is 0 Å². The van der Waals surface area contributed by atoms with Crippen LogP contribution in [0, 0.1) is 0 Å². The van der Waals surface area contributed by atoms with Gasteiger partial charge >= 0.3 is 0 Å². The van der Waals surface area contributed by atoms with Gasteiger partial charge in [0.2, 0.25) is 0 Å². The van der Waals surface area contributed by atoms with Crippen molar-refractivity contribution in [3.63, 3.8) is 0 Å². The van der Waals surface area contributed by atoms with Crippen LogP contribution in [0.5, 0.6) is 0 Å². The monoisotopic (exact) mass is 305 g/mol. The summed E-state index contributed by atoms with van der Waals surface area (Å²) < 4.78 is 0.522. The first-order chi connectivity index (χ1) is 9.25. The first-order valence-electron chi connectivity index (χ1n) is 5.72. The average molecular weight is 306 g/mol. The molecule has 0 fully saturated rings. The van der Waals surface area contributed by atoms with E-state index in [2.05, 4.69) is 4.98 Å². The minimum Gasteiger partial charge on any atom is -0.224 e. The zero-order chi connectivity index (χ0) is 13.2. The average Bonchev–Trinajstić information content (AvgIpc) is 2.82. The quantitative estimate of drug-likeness (QED) is 0.584. The Morgan fingerprint density at radius 3 is 2.26 bits per heavy atom. The minimum absolute atomic E-state index is 0.522. The minimum atomic E-state index is 0.522.